The number of hydrogen-bond acceptors (Lipinski definition) is 3. The maximum Gasteiger partial charge on any atom is 0.221 e. The maximum absolute atomic E-state index is 13.2. The first kappa shape index (κ1) is 14.1. The summed E-state index contributed by atoms with van der Waals surface area (Å²) in [5.74, 6) is -0.246. The summed E-state index contributed by atoms with van der Waals surface area (Å²) in [6.07, 6.45) is 0. The lowest BCUT2D eigenvalue weighted by Gasteiger charge is -2.13. The van der Waals surface area contributed by atoms with Crippen molar-refractivity contribution in [2.45, 2.75) is 6.92 Å². The Labute approximate surface area is 120 Å². The highest BCUT2D eigenvalue weighted by molar-refractivity contribution is 6.31. The molecular weight excluding hydrogens is 283 g/mol. The van der Waals surface area contributed by atoms with Crippen molar-refractivity contribution < 1.29 is 13.9 Å². The Morgan fingerprint density at radius 2 is 2.00 bits per heavy atom. The number of amides is 1. The number of nitrogens with one attached hydrogen (secondary N) is 1. The third kappa shape index (κ3) is 3.19. The molecule has 0 unspecified atom stereocenters. The molecule has 4 nitrogen and oxygen atoms in total. The predicted molar refractivity (Wildman–Crippen MR) is 76.6 cm³/mol. The highest BCUT2D eigenvalue weighted by Gasteiger charge is 2.11. The summed E-state index contributed by atoms with van der Waals surface area (Å²) in [7, 11) is 0. The highest BCUT2D eigenvalue weighted by Crippen LogP contribution is 2.35. The second-order valence-corrected chi connectivity index (χ2v) is 4.49. The van der Waals surface area contributed by atoms with Crippen LogP contribution in [-0.4, -0.2) is 5.91 Å². The first-order valence-corrected chi connectivity index (χ1v) is 6.14. The molecule has 20 heavy (non-hydrogen) atoms. The average Bonchev–Trinajstić information content (AvgIpc) is 2.37. The van der Waals surface area contributed by atoms with Gasteiger partial charge in [0.15, 0.2) is 11.5 Å². The van der Waals surface area contributed by atoms with Gasteiger partial charge in [-0.2, -0.15) is 0 Å². The van der Waals surface area contributed by atoms with E-state index in [-0.39, 0.29) is 22.4 Å². The fraction of sp³-hybridized carbons (Fsp3) is 0.0714. The molecule has 2 rings (SSSR count). The molecule has 0 atom stereocenters. The van der Waals surface area contributed by atoms with Crippen LogP contribution >= 0.6 is 11.6 Å². The molecule has 6 heteroatoms. The first-order chi connectivity index (χ1) is 9.47. The molecule has 0 bridgehead atoms. The molecule has 104 valence electrons. The summed E-state index contributed by atoms with van der Waals surface area (Å²) in [4.78, 5) is 11.1. The van der Waals surface area contributed by atoms with Gasteiger partial charge < -0.3 is 15.8 Å². The number of para-hydroxylation sites is 2. The van der Waals surface area contributed by atoms with Gasteiger partial charge in [-0.1, -0.05) is 23.7 Å². The summed E-state index contributed by atoms with van der Waals surface area (Å²) in [6.45, 7) is 1.39. The normalized spacial score (nSPS) is 10.2. The average molecular weight is 295 g/mol. The van der Waals surface area contributed by atoms with Crippen molar-refractivity contribution in [3.8, 4) is 11.5 Å². The first-order valence-electron chi connectivity index (χ1n) is 5.76. The fourth-order valence-electron chi connectivity index (χ4n) is 1.60. The van der Waals surface area contributed by atoms with Crippen molar-refractivity contribution in [3.63, 3.8) is 0 Å². The molecular formula is C14H12ClFN2O2. The zero-order valence-corrected chi connectivity index (χ0v) is 11.4. The Morgan fingerprint density at radius 3 is 2.70 bits per heavy atom. The molecule has 0 radical (unpaired) electrons. The van der Waals surface area contributed by atoms with Crippen molar-refractivity contribution in [1.29, 1.82) is 0 Å². The fourth-order valence-corrected chi connectivity index (χ4v) is 1.75. The minimum atomic E-state index is -0.619. The number of benzene rings is 2. The minimum Gasteiger partial charge on any atom is -0.453 e. The Morgan fingerprint density at radius 1 is 1.30 bits per heavy atom. The molecule has 3 N–H and O–H groups in total. The molecule has 0 saturated heterocycles. The lowest BCUT2D eigenvalue weighted by molar-refractivity contribution is -0.114. The van der Waals surface area contributed by atoms with Gasteiger partial charge >= 0.3 is 0 Å². The standard InChI is InChI=1S/C14H12ClFN2O2/c1-8(19)18-12-4-2-3-5-13(12)20-14-6-9(15)10(16)7-11(14)17/h2-7H,17H2,1H3,(H,18,19). The van der Waals surface area contributed by atoms with Crippen molar-refractivity contribution in [2.24, 2.45) is 0 Å². The van der Waals surface area contributed by atoms with Crippen LogP contribution in [0.15, 0.2) is 36.4 Å². The van der Waals surface area contributed by atoms with E-state index in [1.807, 2.05) is 0 Å². The second-order valence-electron chi connectivity index (χ2n) is 4.08. The number of hydrogen-bond donors (Lipinski definition) is 2. The molecule has 0 heterocycles. The highest BCUT2D eigenvalue weighted by atomic mass is 35.5. The van der Waals surface area contributed by atoms with E-state index >= 15 is 0 Å². The third-order valence-electron chi connectivity index (χ3n) is 2.47. The van der Waals surface area contributed by atoms with Gasteiger partial charge in [-0.3, -0.25) is 4.79 Å². The number of nitrogens with two attached hydrogens (primary N) is 1. The van der Waals surface area contributed by atoms with E-state index in [0.717, 1.165) is 6.07 Å². The number of halogens is 2. The number of ether oxygens (including phenoxy) is 1. The van der Waals surface area contributed by atoms with Gasteiger partial charge in [0.25, 0.3) is 0 Å². The van der Waals surface area contributed by atoms with Crippen LogP contribution in [0.25, 0.3) is 0 Å². The SMILES string of the molecule is CC(=O)Nc1ccccc1Oc1cc(Cl)c(F)cc1N. The number of nitrogen functional groups attached to an aromatic ring is 1. The smallest absolute Gasteiger partial charge is 0.221 e. The van der Waals surface area contributed by atoms with Crippen LogP contribution < -0.4 is 15.8 Å². The summed E-state index contributed by atoms with van der Waals surface area (Å²) in [6, 6.07) is 9.19. The van der Waals surface area contributed by atoms with E-state index in [0.29, 0.717) is 11.4 Å². The van der Waals surface area contributed by atoms with E-state index < -0.39 is 5.82 Å². The molecule has 0 spiro atoms. The summed E-state index contributed by atoms with van der Waals surface area (Å²) in [5.41, 5.74) is 6.28. The summed E-state index contributed by atoms with van der Waals surface area (Å²) in [5, 5.41) is 2.54. The van der Waals surface area contributed by atoms with Gasteiger partial charge in [-0.05, 0) is 12.1 Å². The predicted octanol–water partition coefficient (Wildman–Crippen LogP) is 3.81. The molecule has 0 saturated carbocycles. The van der Waals surface area contributed by atoms with Crippen LogP contribution in [0, 0.1) is 5.82 Å². The molecule has 0 aromatic heterocycles. The van der Waals surface area contributed by atoms with Crippen molar-refractivity contribution in [2.75, 3.05) is 11.1 Å². The summed E-state index contributed by atoms with van der Waals surface area (Å²) < 4.78 is 18.8. The van der Waals surface area contributed by atoms with E-state index in [1.54, 1.807) is 24.3 Å². The lowest BCUT2D eigenvalue weighted by atomic mass is 10.2. The maximum atomic E-state index is 13.2. The van der Waals surface area contributed by atoms with Crippen LogP contribution in [0.3, 0.4) is 0 Å². The molecule has 0 aliphatic rings. The second kappa shape index (κ2) is 5.79. The quantitative estimate of drug-likeness (QED) is 0.846. The zero-order chi connectivity index (χ0) is 14.7. The number of anilines is 2. The lowest BCUT2D eigenvalue weighted by Crippen LogP contribution is -2.07. The van der Waals surface area contributed by atoms with Crippen LogP contribution in [0.4, 0.5) is 15.8 Å². The topological polar surface area (TPSA) is 64.3 Å². The number of rotatable bonds is 3. The number of carbonyl (C=O) groups excluding carboxylic acids is 1. The van der Waals surface area contributed by atoms with E-state index in [4.69, 9.17) is 22.1 Å². The van der Waals surface area contributed by atoms with E-state index in [2.05, 4.69) is 5.32 Å². The molecule has 0 aliphatic carbocycles. The number of carbonyl (C=O) groups is 1. The third-order valence-corrected chi connectivity index (χ3v) is 2.76. The van der Waals surface area contributed by atoms with Gasteiger partial charge in [-0.25, -0.2) is 4.39 Å². The van der Waals surface area contributed by atoms with Gasteiger partial charge in [0.05, 0.1) is 16.4 Å². The van der Waals surface area contributed by atoms with Crippen LogP contribution in [0.1, 0.15) is 6.92 Å². The largest absolute Gasteiger partial charge is 0.453 e. The van der Waals surface area contributed by atoms with E-state index in [1.165, 1.54) is 13.0 Å². The van der Waals surface area contributed by atoms with Gasteiger partial charge in [0.1, 0.15) is 5.82 Å². The van der Waals surface area contributed by atoms with Gasteiger partial charge in [0.2, 0.25) is 5.91 Å². The van der Waals surface area contributed by atoms with Crippen LogP contribution in [0.2, 0.25) is 5.02 Å². The van der Waals surface area contributed by atoms with Crippen LogP contribution in [0.5, 0.6) is 11.5 Å². The Hall–Kier alpha value is -2.27. The molecule has 0 aliphatic heterocycles. The Balaban J connectivity index is 2.35. The monoisotopic (exact) mass is 294 g/mol. The van der Waals surface area contributed by atoms with Crippen molar-refractivity contribution in [3.05, 3.63) is 47.2 Å². The Bertz CT molecular complexity index is 662. The van der Waals surface area contributed by atoms with Crippen LogP contribution in [-0.2, 0) is 4.79 Å². The van der Waals surface area contributed by atoms with Crippen molar-refractivity contribution >= 4 is 28.9 Å². The van der Waals surface area contributed by atoms with Gasteiger partial charge in [-0.15, -0.1) is 0 Å². The Kier molecular flexibility index (Phi) is 4.10. The van der Waals surface area contributed by atoms with Crippen molar-refractivity contribution in [1.82, 2.24) is 0 Å². The molecule has 2 aromatic rings. The molecule has 2 aromatic carbocycles. The minimum absolute atomic E-state index is 0.0915. The molecule has 1 amide bonds. The van der Waals surface area contributed by atoms with Gasteiger partial charge in [0, 0.05) is 19.1 Å². The zero-order valence-electron chi connectivity index (χ0n) is 10.6. The summed E-state index contributed by atoms with van der Waals surface area (Å²) >= 11 is 5.70. The molecule has 0 fully saturated rings. The van der Waals surface area contributed by atoms with E-state index in [9.17, 15) is 9.18 Å².